The number of fused-ring (bicyclic) bond motifs is 1. The Morgan fingerprint density at radius 1 is 1.21 bits per heavy atom. The highest BCUT2D eigenvalue weighted by Crippen LogP contribution is 2.39. The van der Waals surface area contributed by atoms with Gasteiger partial charge in [0, 0.05) is 52.0 Å². The molecule has 0 saturated carbocycles. The average molecular weight is 683 g/mol. The molecule has 0 radical (unpaired) electrons. The molecule has 15 heteroatoms. The summed E-state index contributed by atoms with van der Waals surface area (Å²) in [7, 11) is 6.28. The molecule has 3 aliphatic rings. The van der Waals surface area contributed by atoms with Gasteiger partial charge in [-0.05, 0) is 85.5 Å². The molecule has 1 N–H and O–H groups in total. The van der Waals surface area contributed by atoms with E-state index >= 15 is 0 Å². The molecule has 3 rings (SSSR count). The first kappa shape index (κ1) is 39.1. The largest absolute Gasteiger partial charge is 0.458 e. The Kier molecular flexibility index (Phi) is 14.5. The number of unbranched alkanes of at least 4 members (excludes halogenated alkanes) is 1. The second kappa shape index (κ2) is 17.4. The number of esters is 1. The third kappa shape index (κ3) is 9.03. The Morgan fingerprint density at radius 2 is 1.91 bits per heavy atom. The van der Waals surface area contributed by atoms with Crippen molar-refractivity contribution in [3.8, 4) is 0 Å². The van der Waals surface area contributed by atoms with Crippen LogP contribution in [-0.2, 0) is 33.1 Å². The summed E-state index contributed by atoms with van der Waals surface area (Å²) in [5.74, 6) is -2.82. The number of ketones is 1. The number of nitrogens with one attached hydrogen (secondary N) is 1. The van der Waals surface area contributed by atoms with Crippen LogP contribution in [0.3, 0.4) is 0 Å². The standard InChI is InChI=1S/C32H55N6O8P/c1-10-24-32(7)28(38(31(41)45-32)16-12-11-14-35-36-33)22(6)34-15-13-18(2)26(20(4)25(39)21(5)29(40)43-24)44-30-27(46-47)23(37(8)9)17-19(3)42-30/h13,19-24,26-28,30,34H,10-12,14-17,47H2,1-9H3/b18-13+/t19-,20+,21-,22-,23?,24-,26+,27?,28-,30+,32-/m1/s1. The molecule has 0 aromatic rings. The van der Waals surface area contributed by atoms with Crippen LogP contribution in [0.5, 0.6) is 0 Å². The van der Waals surface area contributed by atoms with Crippen molar-refractivity contribution in [2.24, 2.45) is 17.0 Å². The highest BCUT2D eigenvalue weighted by Gasteiger charge is 2.58. The Balaban J connectivity index is 1.98. The van der Waals surface area contributed by atoms with Crippen molar-refractivity contribution in [3.63, 3.8) is 0 Å². The van der Waals surface area contributed by atoms with Crippen LogP contribution in [0.2, 0.25) is 0 Å². The van der Waals surface area contributed by atoms with Gasteiger partial charge in [-0.3, -0.25) is 14.5 Å². The van der Waals surface area contributed by atoms with Crippen LogP contribution >= 0.6 is 9.47 Å². The number of hydrogen-bond acceptors (Lipinski definition) is 11. The van der Waals surface area contributed by atoms with Crippen molar-refractivity contribution in [2.75, 3.05) is 33.7 Å². The number of likely N-dealkylation sites (N-methyl/N-ethyl adjacent to an activating group) is 1. The zero-order chi connectivity index (χ0) is 35.1. The lowest BCUT2D eigenvalue weighted by Gasteiger charge is -2.44. The second-order valence-corrected chi connectivity index (χ2v) is 13.8. The van der Waals surface area contributed by atoms with Crippen molar-refractivity contribution in [2.45, 2.75) is 129 Å². The Labute approximate surface area is 281 Å². The molecule has 0 spiro atoms. The third-order valence-electron chi connectivity index (χ3n) is 9.86. The van der Waals surface area contributed by atoms with Gasteiger partial charge in [0.25, 0.3) is 0 Å². The molecule has 2 saturated heterocycles. The minimum atomic E-state index is -1.19. The van der Waals surface area contributed by atoms with E-state index < -0.39 is 60.1 Å². The van der Waals surface area contributed by atoms with Gasteiger partial charge in [-0.15, -0.1) is 0 Å². The van der Waals surface area contributed by atoms with E-state index in [0.717, 1.165) is 12.0 Å². The van der Waals surface area contributed by atoms with Gasteiger partial charge in [0.1, 0.15) is 18.1 Å². The summed E-state index contributed by atoms with van der Waals surface area (Å²) in [6.07, 6.45) is 0.970. The molecule has 0 bridgehead atoms. The number of nitrogens with zero attached hydrogens (tertiary/aromatic N) is 5. The lowest BCUT2D eigenvalue weighted by atomic mass is 9.83. The summed E-state index contributed by atoms with van der Waals surface area (Å²) in [4.78, 5) is 47.4. The zero-order valence-electron chi connectivity index (χ0n) is 29.4. The first-order chi connectivity index (χ1) is 22.2. The van der Waals surface area contributed by atoms with E-state index in [4.69, 9.17) is 29.0 Å². The SMILES string of the molecule is CC[C@H]1OC(=O)[C@H](C)C(=O)[C@H](C)[C@@H](O[C@@H]2O[C@H](C)CC(N(C)C)C2OP)/C(C)=C/CN[C@H](C)[C@H]2N(CCCCN=[N+]=[N-])C(=O)O[C@]12C. The molecule has 266 valence electrons. The fourth-order valence-electron chi connectivity index (χ4n) is 7.18. The molecular formula is C32H55N6O8P. The van der Waals surface area contributed by atoms with Crippen molar-refractivity contribution < 1.29 is 37.9 Å². The quantitative estimate of drug-likeness (QED) is 0.0511. The van der Waals surface area contributed by atoms with E-state index in [-0.39, 0.29) is 24.0 Å². The number of hydrogen-bond donors (Lipinski definition) is 1. The average Bonchev–Trinajstić information content (AvgIpc) is 3.29. The maximum absolute atomic E-state index is 13.9. The molecule has 47 heavy (non-hydrogen) atoms. The highest BCUT2D eigenvalue weighted by molar-refractivity contribution is 7.09. The lowest BCUT2D eigenvalue weighted by molar-refractivity contribution is -0.259. The van der Waals surface area contributed by atoms with Crippen LogP contribution in [-0.4, -0.2) is 116 Å². The molecule has 12 atom stereocenters. The van der Waals surface area contributed by atoms with E-state index in [0.29, 0.717) is 38.9 Å². The van der Waals surface area contributed by atoms with E-state index in [1.807, 2.05) is 47.9 Å². The molecule has 14 nitrogen and oxygen atoms in total. The van der Waals surface area contributed by atoms with Crippen LogP contribution in [0.15, 0.2) is 16.8 Å². The smallest absolute Gasteiger partial charge is 0.410 e. The molecule has 3 heterocycles. The zero-order valence-corrected chi connectivity index (χ0v) is 30.5. The summed E-state index contributed by atoms with van der Waals surface area (Å²) >= 11 is 0. The maximum Gasteiger partial charge on any atom is 0.410 e. The molecule has 0 aromatic heterocycles. The summed E-state index contributed by atoms with van der Waals surface area (Å²) in [5, 5.41) is 7.12. The summed E-state index contributed by atoms with van der Waals surface area (Å²) in [6, 6.07) is -0.761. The summed E-state index contributed by atoms with van der Waals surface area (Å²) in [6.45, 7) is 13.9. The number of ether oxygens (including phenoxy) is 4. The molecule has 2 fully saturated rings. The van der Waals surface area contributed by atoms with Crippen LogP contribution in [0, 0.1) is 11.8 Å². The van der Waals surface area contributed by atoms with Gasteiger partial charge >= 0.3 is 12.1 Å². The second-order valence-electron chi connectivity index (χ2n) is 13.5. The fourth-order valence-corrected chi connectivity index (χ4v) is 7.49. The third-order valence-corrected chi connectivity index (χ3v) is 10.2. The summed E-state index contributed by atoms with van der Waals surface area (Å²) < 4.78 is 30.7. The molecule has 0 aliphatic carbocycles. The molecule has 3 unspecified atom stereocenters. The van der Waals surface area contributed by atoms with Crippen LogP contribution in [0.25, 0.3) is 10.4 Å². The molecular weight excluding hydrogens is 627 g/mol. The Hall–Kier alpha value is -2.31. The van der Waals surface area contributed by atoms with Gasteiger partial charge in [-0.1, -0.05) is 25.0 Å². The Morgan fingerprint density at radius 3 is 2.53 bits per heavy atom. The van der Waals surface area contributed by atoms with Crippen molar-refractivity contribution in [1.29, 1.82) is 0 Å². The van der Waals surface area contributed by atoms with E-state index in [9.17, 15) is 14.4 Å². The van der Waals surface area contributed by atoms with E-state index in [1.165, 1.54) is 0 Å². The van der Waals surface area contributed by atoms with Crippen LogP contribution in [0.4, 0.5) is 4.79 Å². The van der Waals surface area contributed by atoms with Crippen molar-refractivity contribution in [3.05, 3.63) is 22.1 Å². The monoisotopic (exact) mass is 682 g/mol. The summed E-state index contributed by atoms with van der Waals surface area (Å²) in [5.41, 5.74) is 8.22. The van der Waals surface area contributed by atoms with Gasteiger partial charge in [0.05, 0.1) is 18.2 Å². The van der Waals surface area contributed by atoms with Gasteiger partial charge < -0.3 is 33.7 Å². The highest BCUT2D eigenvalue weighted by atomic mass is 31.0. The predicted octanol–water partition coefficient (Wildman–Crippen LogP) is 4.38. The Bertz CT molecular complexity index is 1180. The van der Waals surface area contributed by atoms with Gasteiger partial charge in [0.2, 0.25) is 0 Å². The first-order valence-electron chi connectivity index (χ1n) is 16.7. The number of amides is 1. The molecule has 0 aromatic carbocycles. The van der Waals surface area contributed by atoms with Crippen LogP contribution in [0.1, 0.15) is 74.1 Å². The molecule has 3 aliphatic heterocycles. The number of carbonyl (C=O) groups is 3. The van der Waals surface area contributed by atoms with Gasteiger partial charge in [-0.2, -0.15) is 0 Å². The number of rotatable bonds is 10. The van der Waals surface area contributed by atoms with Crippen LogP contribution < -0.4 is 5.32 Å². The number of carbonyl (C=O) groups excluding carboxylic acids is 3. The first-order valence-corrected chi connectivity index (χ1v) is 17.2. The van der Waals surface area contributed by atoms with E-state index in [2.05, 4.69) is 29.7 Å². The minimum absolute atomic E-state index is 0.0186. The number of Topliss-reactive ketones (excluding diaryl/α,β-unsaturated/α-hetero) is 1. The molecule has 1 amide bonds. The number of cyclic esters (lactones) is 1. The van der Waals surface area contributed by atoms with Gasteiger partial charge in [-0.25, -0.2) is 4.79 Å². The lowest BCUT2D eigenvalue weighted by Crippen LogP contribution is -2.60. The van der Waals surface area contributed by atoms with Crippen molar-refractivity contribution >= 4 is 27.3 Å². The minimum Gasteiger partial charge on any atom is -0.458 e. The van der Waals surface area contributed by atoms with Crippen molar-refractivity contribution in [1.82, 2.24) is 15.1 Å². The van der Waals surface area contributed by atoms with E-state index in [1.54, 1.807) is 25.7 Å². The van der Waals surface area contributed by atoms with Gasteiger partial charge in [0.15, 0.2) is 17.7 Å². The maximum atomic E-state index is 13.9. The predicted molar refractivity (Wildman–Crippen MR) is 179 cm³/mol. The number of azide groups is 1. The normalized spacial score (nSPS) is 38.5. The topological polar surface area (TPSA) is 165 Å². The fraction of sp³-hybridized carbons (Fsp3) is 0.844.